The van der Waals surface area contributed by atoms with Crippen molar-refractivity contribution in [1.29, 1.82) is 0 Å². The fourth-order valence-corrected chi connectivity index (χ4v) is 4.89. The third kappa shape index (κ3) is 4.92. The zero-order valence-corrected chi connectivity index (χ0v) is 20.9. The van der Waals surface area contributed by atoms with Gasteiger partial charge in [-0.05, 0) is 50.6 Å². The van der Waals surface area contributed by atoms with Crippen molar-refractivity contribution in [2.45, 2.75) is 45.1 Å². The van der Waals surface area contributed by atoms with Gasteiger partial charge in [-0.3, -0.25) is 14.5 Å². The predicted molar refractivity (Wildman–Crippen MR) is 130 cm³/mol. The van der Waals surface area contributed by atoms with Gasteiger partial charge >= 0.3 is 0 Å². The Hall–Kier alpha value is -3.00. The molecule has 2 aromatic rings. The molecule has 0 bridgehead atoms. The molecule has 0 unspecified atom stereocenters. The highest BCUT2D eigenvalue weighted by Crippen LogP contribution is 2.33. The second kappa shape index (κ2) is 9.70. The number of rotatable bonds is 4. The summed E-state index contributed by atoms with van der Waals surface area (Å²) in [4.78, 5) is 40.8. The molecule has 1 aromatic heterocycles. The molecule has 2 aliphatic heterocycles. The van der Waals surface area contributed by atoms with Crippen LogP contribution < -0.4 is 4.74 Å². The summed E-state index contributed by atoms with van der Waals surface area (Å²) >= 11 is 0. The number of hydrogen-bond acceptors (Lipinski definition) is 6. The fourth-order valence-electron chi connectivity index (χ4n) is 4.89. The van der Waals surface area contributed by atoms with Gasteiger partial charge in [0, 0.05) is 50.8 Å². The molecule has 1 atom stereocenters. The van der Waals surface area contributed by atoms with Gasteiger partial charge in [-0.1, -0.05) is 19.1 Å². The smallest absolute Gasteiger partial charge is 0.272 e. The number of likely N-dealkylation sites (N-methyl/N-ethyl adjacent to an activating group) is 1. The van der Waals surface area contributed by atoms with Crippen LogP contribution in [0.5, 0.6) is 5.75 Å². The van der Waals surface area contributed by atoms with Gasteiger partial charge in [0.1, 0.15) is 17.3 Å². The van der Waals surface area contributed by atoms with Crippen LogP contribution in [0.25, 0.3) is 0 Å². The standard InChI is InChI=1S/C26H35N5O3/c1-18-16-22(28-25(27-18)26(3)10-12-30(13-11-26)19(2)32)24(33)31-15-14-29(4)23(17-31)20-6-8-21(34-5)9-7-20/h6-9,16,23H,10-15,17H2,1-5H3/t23-/m1/s1. The number of amides is 2. The third-order valence-electron chi connectivity index (χ3n) is 7.36. The summed E-state index contributed by atoms with van der Waals surface area (Å²) in [6.07, 6.45) is 1.58. The normalized spacial score (nSPS) is 20.8. The van der Waals surface area contributed by atoms with Crippen LogP contribution in [0.3, 0.4) is 0 Å². The number of aromatic nitrogens is 2. The van der Waals surface area contributed by atoms with Crippen molar-refractivity contribution in [3.05, 3.63) is 53.1 Å². The highest BCUT2D eigenvalue weighted by molar-refractivity contribution is 5.92. The Bertz CT molecular complexity index is 1050. The first kappa shape index (κ1) is 24.1. The second-order valence-corrected chi connectivity index (χ2v) is 9.81. The van der Waals surface area contributed by atoms with Crippen LogP contribution >= 0.6 is 0 Å². The van der Waals surface area contributed by atoms with Crippen LogP contribution in [0.4, 0.5) is 0 Å². The summed E-state index contributed by atoms with van der Waals surface area (Å²) in [5, 5.41) is 0. The first-order valence-corrected chi connectivity index (χ1v) is 12.0. The highest BCUT2D eigenvalue weighted by atomic mass is 16.5. The Balaban J connectivity index is 1.53. The molecule has 2 aliphatic rings. The van der Waals surface area contributed by atoms with Gasteiger partial charge in [-0.15, -0.1) is 0 Å². The van der Waals surface area contributed by atoms with E-state index in [4.69, 9.17) is 14.7 Å². The van der Waals surface area contributed by atoms with Crippen molar-refractivity contribution in [3.63, 3.8) is 0 Å². The molecule has 3 heterocycles. The molecule has 4 rings (SSSR count). The number of aryl methyl sites for hydroxylation is 1. The number of benzene rings is 1. The first-order valence-electron chi connectivity index (χ1n) is 12.0. The maximum absolute atomic E-state index is 13.6. The molecule has 1 aromatic carbocycles. The van der Waals surface area contributed by atoms with Crippen molar-refractivity contribution in [2.75, 3.05) is 46.9 Å². The van der Waals surface area contributed by atoms with Crippen molar-refractivity contribution < 1.29 is 14.3 Å². The summed E-state index contributed by atoms with van der Waals surface area (Å²) in [6, 6.07) is 9.95. The van der Waals surface area contributed by atoms with Crippen LogP contribution in [-0.2, 0) is 10.2 Å². The third-order valence-corrected chi connectivity index (χ3v) is 7.36. The molecule has 0 aliphatic carbocycles. The SMILES string of the molecule is COc1ccc([C@H]2CN(C(=O)c3cc(C)nc(C4(C)CCN(C(C)=O)CC4)n3)CCN2C)cc1. The Kier molecular flexibility index (Phi) is 6.89. The van der Waals surface area contributed by atoms with Crippen LogP contribution in [0.1, 0.15) is 60.3 Å². The lowest BCUT2D eigenvalue weighted by molar-refractivity contribution is -0.130. The minimum absolute atomic E-state index is 0.0527. The number of methoxy groups -OCH3 is 1. The largest absolute Gasteiger partial charge is 0.497 e. The van der Waals surface area contributed by atoms with Crippen LogP contribution in [-0.4, -0.2) is 83.4 Å². The van der Waals surface area contributed by atoms with E-state index in [2.05, 4.69) is 31.0 Å². The highest BCUT2D eigenvalue weighted by Gasteiger charge is 2.36. The van der Waals surface area contributed by atoms with Gasteiger partial charge in [0.2, 0.25) is 5.91 Å². The van der Waals surface area contributed by atoms with Crippen molar-refractivity contribution in [2.24, 2.45) is 0 Å². The first-order chi connectivity index (χ1) is 16.2. The van der Waals surface area contributed by atoms with Crippen LogP contribution in [0.2, 0.25) is 0 Å². The monoisotopic (exact) mass is 465 g/mol. The second-order valence-electron chi connectivity index (χ2n) is 9.81. The Morgan fingerprint density at radius 2 is 1.71 bits per heavy atom. The summed E-state index contributed by atoms with van der Waals surface area (Å²) in [6.45, 7) is 9.10. The van der Waals surface area contributed by atoms with Gasteiger partial charge in [-0.2, -0.15) is 0 Å². The summed E-state index contributed by atoms with van der Waals surface area (Å²) in [7, 11) is 3.76. The van der Waals surface area contributed by atoms with E-state index in [9.17, 15) is 9.59 Å². The van der Waals surface area contributed by atoms with Gasteiger partial charge < -0.3 is 14.5 Å². The van der Waals surface area contributed by atoms with E-state index in [1.54, 1.807) is 20.1 Å². The predicted octanol–water partition coefficient (Wildman–Crippen LogP) is 2.82. The number of nitrogens with zero attached hydrogens (tertiary/aromatic N) is 5. The molecule has 182 valence electrons. The number of piperidine rings is 1. The van der Waals surface area contributed by atoms with Crippen molar-refractivity contribution in [1.82, 2.24) is 24.7 Å². The number of likely N-dealkylation sites (tertiary alicyclic amines) is 1. The van der Waals surface area contributed by atoms with E-state index in [-0.39, 0.29) is 23.3 Å². The van der Waals surface area contributed by atoms with Crippen LogP contribution in [0.15, 0.2) is 30.3 Å². The topological polar surface area (TPSA) is 78.9 Å². The van der Waals surface area contributed by atoms with Gasteiger partial charge in [0.25, 0.3) is 5.91 Å². The molecule has 0 N–H and O–H groups in total. The molecule has 8 heteroatoms. The molecule has 34 heavy (non-hydrogen) atoms. The van der Waals surface area contributed by atoms with E-state index in [0.717, 1.165) is 36.4 Å². The maximum atomic E-state index is 13.6. The number of ether oxygens (including phenoxy) is 1. The number of carbonyl (C=O) groups is 2. The summed E-state index contributed by atoms with van der Waals surface area (Å²) in [5.41, 5.74) is 2.16. The van der Waals surface area contributed by atoms with E-state index in [1.165, 1.54) is 0 Å². The maximum Gasteiger partial charge on any atom is 0.272 e. The Morgan fingerprint density at radius 1 is 1.03 bits per heavy atom. The Labute approximate surface area is 201 Å². The molecule has 2 fully saturated rings. The summed E-state index contributed by atoms with van der Waals surface area (Å²) in [5.74, 6) is 1.58. The van der Waals surface area contributed by atoms with Gasteiger partial charge in [0.15, 0.2) is 0 Å². The van der Waals surface area contributed by atoms with E-state index >= 15 is 0 Å². The van der Waals surface area contributed by atoms with Crippen molar-refractivity contribution >= 4 is 11.8 Å². The zero-order valence-electron chi connectivity index (χ0n) is 20.9. The molecular weight excluding hydrogens is 430 g/mol. The molecular formula is C26H35N5O3. The molecule has 2 saturated heterocycles. The zero-order chi connectivity index (χ0) is 24.5. The molecule has 2 amide bonds. The summed E-state index contributed by atoms with van der Waals surface area (Å²) < 4.78 is 5.29. The Morgan fingerprint density at radius 3 is 2.32 bits per heavy atom. The van der Waals surface area contributed by atoms with E-state index < -0.39 is 0 Å². The average molecular weight is 466 g/mol. The number of hydrogen-bond donors (Lipinski definition) is 0. The lowest BCUT2D eigenvalue weighted by atomic mass is 9.79. The quantitative estimate of drug-likeness (QED) is 0.691. The average Bonchev–Trinajstić information content (AvgIpc) is 2.84. The van der Waals surface area contributed by atoms with Gasteiger partial charge in [0.05, 0.1) is 13.2 Å². The van der Waals surface area contributed by atoms with E-state index in [1.807, 2.05) is 28.9 Å². The minimum Gasteiger partial charge on any atom is -0.497 e. The minimum atomic E-state index is -0.249. The molecule has 0 spiro atoms. The fraction of sp³-hybridized carbons (Fsp3) is 0.538. The lowest BCUT2D eigenvalue weighted by Crippen LogP contribution is -2.49. The number of carbonyl (C=O) groups excluding carboxylic acids is 2. The number of piperazine rings is 1. The molecule has 0 saturated carbocycles. The molecule has 0 radical (unpaired) electrons. The van der Waals surface area contributed by atoms with E-state index in [0.29, 0.717) is 37.7 Å². The van der Waals surface area contributed by atoms with Crippen molar-refractivity contribution in [3.8, 4) is 5.75 Å². The van der Waals surface area contributed by atoms with Crippen LogP contribution in [0, 0.1) is 6.92 Å². The molecule has 8 nitrogen and oxygen atoms in total. The van der Waals surface area contributed by atoms with Gasteiger partial charge in [-0.25, -0.2) is 9.97 Å². The lowest BCUT2D eigenvalue weighted by Gasteiger charge is -2.40.